The van der Waals surface area contributed by atoms with E-state index in [1.165, 1.54) is 6.20 Å². The van der Waals surface area contributed by atoms with Gasteiger partial charge in [-0.25, -0.2) is 0 Å². The molecule has 16 heavy (non-hydrogen) atoms. The maximum absolute atomic E-state index is 11.7. The highest BCUT2D eigenvalue weighted by Crippen LogP contribution is 2.21. The molecule has 4 nitrogen and oxygen atoms in total. The third kappa shape index (κ3) is 2.51. The van der Waals surface area contributed by atoms with Crippen molar-refractivity contribution in [1.29, 1.82) is 0 Å². The smallest absolute Gasteiger partial charge is 0.255 e. The van der Waals surface area contributed by atoms with Crippen molar-refractivity contribution in [2.24, 2.45) is 0 Å². The highest BCUT2D eigenvalue weighted by molar-refractivity contribution is 9.11. The fourth-order valence-electron chi connectivity index (χ4n) is 1.29. The minimum absolute atomic E-state index is 0.101. The molecular formula is C10H10BrN3OS. The zero-order valence-electron chi connectivity index (χ0n) is 8.58. The summed E-state index contributed by atoms with van der Waals surface area (Å²) in [6.07, 6.45) is 1.54. The van der Waals surface area contributed by atoms with Gasteiger partial charge < -0.3 is 5.32 Å². The SMILES string of the molecule is Cc1[nH]ncc1C(=O)NCc1ccc(Br)s1. The summed E-state index contributed by atoms with van der Waals surface area (Å²) in [7, 11) is 0. The van der Waals surface area contributed by atoms with Crippen LogP contribution in [-0.4, -0.2) is 16.1 Å². The second-order valence-corrected chi connectivity index (χ2v) is 5.84. The van der Waals surface area contributed by atoms with Crippen LogP contribution < -0.4 is 5.32 Å². The molecule has 2 aromatic heterocycles. The van der Waals surface area contributed by atoms with E-state index < -0.39 is 0 Å². The topological polar surface area (TPSA) is 57.8 Å². The van der Waals surface area contributed by atoms with Crippen LogP contribution in [0.5, 0.6) is 0 Å². The lowest BCUT2D eigenvalue weighted by molar-refractivity contribution is 0.0951. The third-order valence-corrected chi connectivity index (χ3v) is 3.75. The van der Waals surface area contributed by atoms with Crippen molar-refractivity contribution in [2.45, 2.75) is 13.5 Å². The fourth-order valence-corrected chi connectivity index (χ4v) is 2.71. The Morgan fingerprint density at radius 3 is 3.00 bits per heavy atom. The van der Waals surface area contributed by atoms with Gasteiger partial charge in [0.05, 0.1) is 22.1 Å². The molecule has 2 rings (SSSR count). The Hall–Kier alpha value is -1.14. The van der Waals surface area contributed by atoms with Gasteiger partial charge in [0.1, 0.15) is 0 Å². The van der Waals surface area contributed by atoms with E-state index in [1.807, 2.05) is 19.1 Å². The van der Waals surface area contributed by atoms with E-state index in [0.29, 0.717) is 12.1 Å². The van der Waals surface area contributed by atoms with Crippen LogP contribution in [0.1, 0.15) is 20.9 Å². The molecule has 0 radical (unpaired) electrons. The number of aryl methyl sites for hydroxylation is 1. The number of thiophene rings is 1. The first-order chi connectivity index (χ1) is 7.66. The number of carbonyl (C=O) groups excluding carboxylic acids is 1. The number of halogens is 1. The van der Waals surface area contributed by atoms with Crippen LogP contribution in [0.2, 0.25) is 0 Å². The van der Waals surface area contributed by atoms with E-state index >= 15 is 0 Å². The molecule has 0 atom stereocenters. The molecule has 84 valence electrons. The molecule has 0 saturated carbocycles. The Labute approximate surface area is 105 Å². The van der Waals surface area contributed by atoms with E-state index in [9.17, 15) is 4.79 Å². The number of hydrogen-bond donors (Lipinski definition) is 2. The Bertz CT molecular complexity index is 506. The first kappa shape index (κ1) is 11.3. The van der Waals surface area contributed by atoms with Crippen LogP contribution in [-0.2, 0) is 6.54 Å². The van der Waals surface area contributed by atoms with Gasteiger partial charge in [-0.3, -0.25) is 9.89 Å². The van der Waals surface area contributed by atoms with Crippen LogP contribution in [0.15, 0.2) is 22.1 Å². The zero-order valence-corrected chi connectivity index (χ0v) is 11.0. The lowest BCUT2D eigenvalue weighted by Gasteiger charge is -2.01. The van der Waals surface area contributed by atoms with Crippen LogP contribution in [0.3, 0.4) is 0 Å². The number of carbonyl (C=O) groups is 1. The average Bonchev–Trinajstić information content (AvgIpc) is 2.84. The summed E-state index contributed by atoms with van der Waals surface area (Å²) >= 11 is 4.99. The summed E-state index contributed by atoms with van der Waals surface area (Å²) in [6.45, 7) is 2.36. The molecule has 2 aromatic rings. The first-order valence-electron chi connectivity index (χ1n) is 4.69. The largest absolute Gasteiger partial charge is 0.347 e. The summed E-state index contributed by atoms with van der Waals surface area (Å²) in [6, 6.07) is 3.95. The minimum Gasteiger partial charge on any atom is -0.347 e. The molecule has 6 heteroatoms. The fraction of sp³-hybridized carbons (Fsp3) is 0.200. The Balaban J connectivity index is 1.96. The van der Waals surface area contributed by atoms with Gasteiger partial charge in [-0.1, -0.05) is 0 Å². The molecule has 0 aliphatic rings. The number of H-pyrrole nitrogens is 1. The zero-order chi connectivity index (χ0) is 11.5. The molecule has 2 N–H and O–H groups in total. The molecule has 0 aliphatic heterocycles. The second kappa shape index (κ2) is 4.80. The number of aromatic amines is 1. The molecule has 0 aliphatic carbocycles. The van der Waals surface area contributed by atoms with Gasteiger partial charge in [0, 0.05) is 10.6 Å². The van der Waals surface area contributed by atoms with Crippen molar-refractivity contribution in [3.8, 4) is 0 Å². The maximum Gasteiger partial charge on any atom is 0.255 e. The van der Waals surface area contributed by atoms with Gasteiger partial charge in [-0.15, -0.1) is 11.3 Å². The number of rotatable bonds is 3. The summed E-state index contributed by atoms with van der Waals surface area (Å²) in [4.78, 5) is 12.8. The normalized spacial score (nSPS) is 10.4. The lowest BCUT2D eigenvalue weighted by Crippen LogP contribution is -2.22. The number of amides is 1. The predicted octanol–water partition coefficient (Wildman–Crippen LogP) is 2.47. The number of nitrogens with one attached hydrogen (secondary N) is 2. The van der Waals surface area contributed by atoms with Crippen LogP contribution in [0.4, 0.5) is 0 Å². The van der Waals surface area contributed by atoms with E-state index in [1.54, 1.807) is 11.3 Å². The van der Waals surface area contributed by atoms with Crippen molar-refractivity contribution in [3.05, 3.63) is 38.3 Å². The monoisotopic (exact) mass is 299 g/mol. The van der Waals surface area contributed by atoms with Gasteiger partial charge in [-0.2, -0.15) is 5.10 Å². The molecule has 2 heterocycles. The molecule has 0 spiro atoms. The van der Waals surface area contributed by atoms with Crippen LogP contribution in [0.25, 0.3) is 0 Å². The highest BCUT2D eigenvalue weighted by Gasteiger charge is 2.10. The van der Waals surface area contributed by atoms with Gasteiger partial charge in [-0.05, 0) is 35.0 Å². The van der Waals surface area contributed by atoms with Gasteiger partial charge in [0.25, 0.3) is 5.91 Å². The molecular weight excluding hydrogens is 290 g/mol. The molecule has 0 bridgehead atoms. The van der Waals surface area contributed by atoms with Crippen molar-refractivity contribution in [3.63, 3.8) is 0 Å². The predicted molar refractivity (Wildman–Crippen MR) is 66.5 cm³/mol. The summed E-state index contributed by atoms with van der Waals surface area (Å²) < 4.78 is 1.07. The van der Waals surface area contributed by atoms with Crippen molar-refractivity contribution < 1.29 is 4.79 Å². The van der Waals surface area contributed by atoms with Crippen LogP contribution in [0, 0.1) is 6.92 Å². The highest BCUT2D eigenvalue weighted by atomic mass is 79.9. The Kier molecular flexibility index (Phi) is 3.40. The number of hydrogen-bond acceptors (Lipinski definition) is 3. The quantitative estimate of drug-likeness (QED) is 0.915. The van der Waals surface area contributed by atoms with E-state index in [2.05, 4.69) is 31.4 Å². The summed E-state index contributed by atoms with van der Waals surface area (Å²) in [5, 5.41) is 9.39. The first-order valence-corrected chi connectivity index (χ1v) is 6.30. The van der Waals surface area contributed by atoms with Gasteiger partial charge in [0.15, 0.2) is 0 Å². The van der Waals surface area contributed by atoms with E-state index in [-0.39, 0.29) is 5.91 Å². The van der Waals surface area contributed by atoms with Gasteiger partial charge >= 0.3 is 0 Å². The Morgan fingerprint density at radius 2 is 2.44 bits per heavy atom. The third-order valence-electron chi connectivity index (χ3n) is 2.13. The molecule has 0 unspecified atom stereocenters. The number of nitrogens with zero attached hydrogens (tertiary/aromatic N) is 1. The number of aromatic nitrogens is 2. The van der Waals surface area contributed by atoms with Gasteiger partial charge in [0.2, 0.25) is 0 Å². The molecule has 0 saturated heterocycles. The van der Waals surface area contributed by atoms with Crippen molar-refractivity contribution in [1.82, 2.24) is 15.5 Å². The lowest BCUT2D eigenvalue weighted by atomic mass is 10.2. The van der Waals surface area contributed by atoms with E-state index in [0.717, 1.165) is 14.4 Å². The molecule has 1 amide bonds. The Morgan fingerprint density at radius 1 is 1.62 bits per heavy atom. The van der Waals surface area contributed by atoms with E-state index in [4.69, 9.17) is 0 Å². The average molecular weight is 300 g/mol. The molecule has 0 fully saturated rings. The molecule has 0 aromatic carbocycles. The second-order valence-electron chi connectivity index (χ2n) is 3.30. The van der Waals surface area contributed by atoms with Crippen molar-refractivity contribution in [2.75, 3.05) is 0 Å². The standard InChI is InChI=1S/C10H10BrN3OS/c1-6-8(5-13-14-6)10(15)12-4-7-2-3-9(11)16-7/h2-3,5H,4H2,1H3,(H,12,15)(H,13,14). The summed E-state index contributed by atoms with van der Waals surface area (Å²) in [5.41, 5.74) is 1.38. The summed E-state index contributed by atoms with van der Waals surface area (Å²) in [5.74, 6) is -0.101. The van der Waals surface area contributed by atoms with Crippen LogP contribution >= 0.6 is 27.3 Å². The van der Waals surface area contributed by atoms with Crippen molar-refractivity contribution >= 4 is 33.2 Å². The minimum atomic E-state index is -0.101. The maximum atomic E-state index is 11.7.